The Balaban J connectivity index is 1.82. The highest BCUT2D eigenvalue weighted by atomic mass is 32.2. The van der Waals surface area contributed by atoms with Gasteiger partial charge in [-0.1, -0.05) is 49.0 Å². The Hall–Kier alpha value is -2.27. The molecule has 0 radical (unpaired) electrons. The number of ether oxygens (including phenoxy) is 1. The van der Waals surface area contributed by atoms with Gasteiger partial charge in [-0.2, -0.15) is 5.10 Å². The zero-order valence-corrected chi connectivity index (χ0v) is 14.0. The molecular formula is C18H21N3OS. The molecule has 0 unspecified atom stereocenters. The first-order valence-electron chi connectivity index (χ1n) is 7.54. The minimum Gasteiger partial charge on any atom is -0.494 e. The Labute approximate surface area is 141 Å². The normalized spacial score (nSPS) is 11.8. The molecule has 0 aliphatic heterocycles. The van der Waals surface area contributed by atoms with Gasteiger partial charge in [0.2, 0.25) is 0 Å². The summed E-state index contributed by atoms with van der Waals surface area (Å²) >= 11 is 1.47. The van der Waals surface area contributed by atoms with E-state index in [-0.39, 0.29) is 0 Å². The molecule has 2 aromatic rings. The Morgan fingerprint density at radius 3 is 2.57 bits per heavy atom. The molecule has 5 heteroatoms. The van der Waals surface area contributed by atoms with Crippen molar-refractivity contribution < 1.29 is 4.74 Å². The molecule has 0 aromatic heterocycles. The van der Waals surface area contributed by atoms with Gasteiger partial charge in [0.05, 0.1) is 12.8 Å². The molecule has 0 saturated heterocycles. The van der Waals surface area contributed by atoms with E-state index in [1.54, 1.807) is 6.21 Å². The van der Waals surface area contributed by atoms with Gasteiger partial charge in [0.15, 0.2) is 5.17 Å². The summed E-state index contributed by atoms with van der Waals surface area (Å²) in [7, 11) is 0. The van der Waals surface area contributed by atoms with Crippen molar-refractivity contribution in [1.82, 2.24) is 0 Å². The van der Waals surface area contributed by atoms with Crippen LogP contribution in [0.4, 0.5) is 0 Å². The molecule has 0 amide bonds. The molecule has 0 bridgehead atoms. The van der Waals surface area contributed by atoms with Crippen LogP contribution in [0.3, 0.4) is 0 Å². The molecular weight excluding hydrogens is 306 g/mol. The van der Waals surface area contributed by atoms with Gasteiger partial charge in [-0.25, -0.2) is 0 Å². The predicted molar refractivity (Wildman–Crippen MR) is 99.2 cm³/mol. The Morgan fingerprint density at radius 2 is 1.87 bits per heavy atom. The third-order valence-corrected chi connectivity index (χ3v) is 3.80. The summed E-state index contributed by atoms with van der Waals surface area (Å²) in [5.74, 6) is 1.65. The van der Waals surface area contributed by atoms with Gasteiger partial charge >= 0.3 is 0 Å². The number of benzene rings is 2. The van der Waals surface area contributed by atoms with Crippen molar-refractivity contribution >= 4 is 23.1 Å². The first-order valence-corrected chi connectivity index (χ1v) is 8.52. The minimum atomic E-state index is 0.452. The summed E-state index contributed by atoms with van der Waals surface area (Å²) in [6, 6.07) is 17.9. The van der Waals surface area contributed by atoms with Crippen molar-refractivity contribution in [3.05, 3.63) is 65.7 Å². The van der Waals surface area contributed by atoms with Gasteiger partial charge < -0.3 is 10.5 Å². The lowest BCUT2D eigenvalue weighted by molar-refractivity contribution is 0.317. The third kappa shape index (κ3) is 6.57. The van der Waals surface area contributed by atoms with Crippen LogP contribution in [0.25, 0.3) is 0 Å². The van der Waals surface area contributed by atoms with E-state index in [1.807, 2.05) is 42.5 Å². The molecule has 2 aromatic carbocycles. The lowest BCUT2D eigenvalue weighted by Crippen LogP contribution is -2.05. The van der Waals surface area contributed by atoms with E-state index in [9.17, 15) is 0 Å². The zero-order chi connectivity index (χ0) is 16.3. The summed E-state index contributed by atoms with van der Waals surface area (Å²) in [5.41, 5.74) is 8.01. The summed E-state index contributed by atoms with van der Waals surface area (Å²) in [4.78, 5) is 0. The van der Waals surface area contributed by atoms with Crippen molar-refractivity contribution in [3.63, 3.8) is 0 Å². The fourth-order valence-corrected chi connectivity index (χ4v) is 2.39. The number of amidine groups is 1. The van der Waals surface area contributed by atoms with E-state index >= 15 is 0 Å². The fraction of sp³-hybridized carbons (Fsp3) is 0.222. The van der Waals surface area contributed by atoms with Gasteiger partial charge in [-0.3, -0.25) is 0 Å². The predicted octanol–water partition coefficient (Wildman–Crippen LogP) is 4.06. The molecule has 0 saturated carbocycles. The molecule has 120 valence electrons. The van der Waals surface area contributed by atoms with Gasteiger partial charge in [0, 0.05) is 5.75 Å². The van der Waals surface area contributed by atoms with E-state index in [2.05, 4.69) is 29.3 Å². The van der Waals surface area contributed by atoms with Gasteiger partial charge in [-0.05, 0) is 41.8 Å². The van der Waals surface area contributed by atoms with Crippen LogP contribution >= 0.6 is 11.8 Å². The lowest BCUT2D eigenvalue weighted by Gasteiger charge is -2.03. The number of thioether (sulfide) groups is 1. The summed E-state index contributed by atoms with van der Waals surface area (Å²) in [5, 5.41) is 8.48. The molecule has 2 N–H and O–H groups in total. The molecule has 0 aliphatic rings. The van der Waals surface area contributed by atoms with E-state index < -0.39 is 0 Å². The van der Waals surface area contributed by atoms with Gasteiger partial charge in [-0.15, -0.1) is 5.10 Å². The second-order valence-corrected chi connectivity index (χ2v) is 5.87. The largest absolute Gasteiger partial charge is 0.494 e. The Bertz CT molecular complexity index is 639. The quantitative estimate of drug-likeness (QED) is 0.474. The van der Waals surface area contributed by atoms with Crippen LogP contribution in [-0.2, 0) is 5.75 Å². The summed E-state index contributed by atoms with van der Waals surface area (Å²) < 4.78 is 5.53. The Kier molecular flexibility index (Phi) is 7.20. The molecule has 0 fully saturated rings. The second kappa shape index (κ2) is 9.69. The van der Waals surface area contributed by atoms with Crippen molar-refractivity contribution in [3.8, 4) is 5.75 Å². The maximum Gasteiger partial charge on any atom is 0.180 e. The second-order valence-electron chi connectivity index (χ2n) is 4.87. The van der Waals surface area contributed by atoms with E-state index in [0.29, 0.717) is 5.17 Å². The van der Waals surface area contributed by atoms with Gasteiger partial charge in [0.25, 0.3) is 0 Å². The van der Waals surface area contributed by atoms with E-state index in [4.69, 9.17) is 10.5 Å². The number of hydrogen-bond acceptors (Lipinski definition) is 4. The first kappa shape index (κ1) is 17.1. The number of hydrogen-bond donors (Lipinski definition) is 1. The van der Waals surface area contributed by atoms with Crippen molar-refractivity contribution in [1.29, 1.82) is 0 Å². The maximum absolute atomic E-state index is 5.84. The standard InChI is InChI=1S/C18H21N3OS/c1-2-12-22-17-10-8-15(9-11-17)13-20-21-18(19)23-14-16-6-4-3-5-7-16/h3-11,13H,2,12,14H2,1H3,(H2,19,21). The average Bonchev–Trinajstić information content (AvgIpc) is 2.60. The molecule has 2 rings (SSSR count). The fourth-order valence-electron chi connectivity index (χ4n) is 1.78. The highest BCUT2D eigenvalue weighted by molar-refractivity contribution is 8.13. The third-order valence-electron chi connectivity index (χ3n) is 2.95. The monoisotopic (exact) mass is 327 g/mol. The highest BCUT2D eigenvalue weighted by Crippen LogP contribution is 2.12. The van der Waals surface area contributed by atoms with Crippen LogP contribution in [0.5, 0.6) is 5.75 Å². The molecule has 0 heterocycles. The smallest absolute Gasteiger partial charge is 0.180 e. The van der Waals surface area contributed by atoms with E-state index in [0.717, 1.165) is 30.1 Å². The van der Waals surface area contributed by atoms with Crippen LogP contribution in [0.2, 0.25) is 0 Å². The van der Waals surface area contributed by atoms with Crippen LogP contribution < -0.4 is 10.5 Å². The van der Waals surface area contributed by atoms with Crippen LogP contribution in [0.1, 0.15) is 24.5 Å². The van der Waals surface area contributed by atoms with Crippen LogP contribution in [0.15, 0.2) is 64.8 Å². The molecule has 0 atom stereocenters. The van der Waals surface area contributed by atoms with Crippen molar-refractivity contribution in [2.45, 2.75) is 19.1 Å². The lowest BCUT2D eigenvalue weighted by atomic mass is 10.2. The summed E-state index contributed by atoms with van der Waals surface area (Å²) in [6.07, 6.45) is 2.68. The molecule has 4 nitrogen and oxygen atoms in total. The molecule has 0 spiro atoms. The summed E-state index contributed by atoms with van der Waals surface area (Å²) in [6.45, 7) is 2.81. The molecule has 23 heavy (non-hydrogen) atoms. The average molecular weight is 327 g/mol. The van der Waals surface area contributed by atoms with E-state index in [1.165, 1.54) is 17.3 Å². The number of nitrogens with two attached hydrogens (primary N) is 1. The first-order chi connectivity index (χ1) is 11.3. The topological polar surface area (TPSA) is 60.0 Å². The maximum atomic E-state index is 5.84. The number of rotatable bonds is 7. The van der Waals surface area contributed by atoms with Crippen molar-refractivity contribution in [2.75, 3.05) is 6.61 Å². The molecule has 0 aliphatic carbocycles. The van der Waals surface area contributed by atoms with Crippen LogP contribution in [0, 0.1) is 0 Å². The minimum absolute atomic E-state index is 0.452. The highest BCUT2D eigenvalue weighted by Gasteiger charge is 1.96. The SMILES string of the molecule is CCCOc1ccc(C=NN=C(N)SCc2ccccc2)cc1. The van der Waals surface area contributed by atoms with Crippen molar-refractivity contribution in [2.24, 2.45) is 15.9 Å². The van der Waals surface area contributed by atoms with Crippen LogP contribution in [-0.4, -0.2) is 18.0 Å². The zero-order valence-electron chi connectivity index (χ0n) is 13.2. The Morgan fingerprint density at radius 1 is 1.13 bits per heavy atom. The number of nitrogens with zero attached hydrogens (tertiary/aromatic N) is 2. The van der Waals surface area contributed by atoms with Gasteiger partial charge in [0.1, 0.15) is 5.75 Å².